The molecule has 0 fully saturated rings. The molecule has 3 N–H and O–H groups in total. The number of hydrogen-bond donors (Lipinski definition) is 2. The van der Waals surface area contributed by atoms with Crippen LogP contribution >= 0.6 is 0 Å². The van der Waals surface area contributed by atoms with Gasteiger partial charge in [-0.25, -0.2) is 0 Å². The van der Waals surface area contributed by atoms with E-state index >= 15 is 0 Å². The summed E-state index contributed by atoms with van der Waals surface area (Å²) in [5.41, 5.74) is 4.52. The summed E-state index contributed by atoms with van der Waals surface area (Å²) in [5, 5.41) is 8.42. The van der Waals surface area contributed by atoms with E-state index in [1.807, 2.05) is 0 Å². The van der Waals surface area contributed by atoms with Crippen LogP contribution in [0.5, 0.6) is 0 Å². The fourth-order valence-electron chi connectivity index (χ4n) is 0.758. The maximum Gasteiger partial charge on any atom is 0.403 e. The Morgan fingerprint density at radius 3 is 1.38 bits per heavy atom. The van der Waals surface area contributed by atoms with Crippen molar-refractivity contribution in [2.24, 2.45) is 11.7 Å². The molecule has 0 aliphatic heterocycles. The Morgan fingerprint density at radius 1 is 1.00 bits per heavy atom. The summed E-state index contributed by atoms with van der Waals surface area (Å²) in [6.07, 6.45) is -13.7. The van der Waals surface area contributed by atoms with Gasteiger partial charge in [0, 0.05) is 6.54 Å². The maximum absolute atomic E-state index is 11.7. The van der Waals surface area contributed by atoms with Gasteiger partial charge >= 0.3 is 12.4 Å². The Hall–Kier alpha value is -0.500. The monoisotopic (exact) mass is 211 g/mol. The van der Waals surface area contributed by atoms with Crippen molar-refractivity contribution >= 4 is 0 Å². The van der Waals surface area contributed by atoms with Crippen molar-refractivity contribution in [2.75, 3.05) is 6.54 Å². The van der Waals surface area contributed by atoms with Crippen LogP contribution in [0.4, 0.5) is 26.3 Å². The number of alkyl halides is 6. The van der Waals surface area contributed by atoms with Gasteiger partial charge in [0.25, 0.3) is 0 Å². The Kier molecular flexibility index (Phi) is 3.56. The van der Waals surface area contributed by atoms with Gasteiger partial charge in [-0.2, -0.15) is 26.3 Å². The van der Waals surface area contributed by atoms with E-state index in [-0.39, 0.29) is 0 Å². The second-order valence-corrected chi connectivity index (χ2v) is 2.36. The second-order valence-electron chi connectivity index (χ2n) is 2.36. The van der Waals surface area contributed by atoms with Crippen molar-refractivity contribution in [3.8, 4) is 0 Å². The fraction of sp³-hybridized carbons (Fsp3) is 1.00. The molecule has 0 bridgehead atoms. The number of aliphatic hydroxyl groups is 1. The predicted octanol–water partition coefficient (Wildman–Crippen LogP) is 1.05. The average Bonchev–Trinajstić information content (AvgIpc) is 1.80. The highest BCUT2D eigenvalue weighted by molar-refractivity contribution is 4.82. The molecule has 0 unspecified atom stereocenters. The molecule has 0 saturated carbocycles. The lowest BCUT2D eigenvalue weighted by Crippen LogP contribution is -2.47. The summed E-state index contributed by atoms with van der Waals surface area (Å²) in [4.78, 5) is 0. The number of nitrogens with two attached hydrogens (primary N) is 1. The lowest BCUT2D eigenvalue weighted by atomic mass is 10.0. The summed E-state index contributed by atoms with van der Waals surface area (Å²) < 4.78 is 70.3. The van der Waals surface area contributed by atoms with Gasteiger partial charge in [-0.3, -0.25) is 0 Å². The molecular weight excluding hydrogens is 204 g/mol. The minimum absolute atomic E-state index is 1.09. The van der Waals surface area contributed by atoms with E-state index in [4.69, 9.17) is 5.11 Å². The van der Waals surface area contributed by atoms with Gasteiger partial charge in [0.1, 0.15) is 0 Å². The van der Waals surface area contributed by atoms with Crippen molar-refractivity contribution in [1.82, 2.24) is 0 Å². The zero-order valence-corrected chi connectivity index (χ0v) is 6.15. The smallest absolute Gasteiger partial charge is 0.391 e. The van der Waals surface area contributed by atoms with Crippen LogP contribution in [-0.2, 0) is 0 Å². The first-order chi connectivity index (χ1) is 5.60. The van der Waals surface area contributed by atoms with Crippen LogP contribution in [0.25, 0.3) is 0 Å². The molecule has 0 amide bonds. The van der Waals surface area contributed by atoms with Crippen molar-refractivity contribution in [2.45, 2.75) is 18.5 Å². The molecular formula is C5H7F6NO. The normalized spacial score (nSPS) is 16.4. The third kappa shape index (κ3) is 3.39. The van der Waals surface area contributed by atoms with Crippen molar-refractivity contribution in [3.05, 3.63) is 0 Å². The molecule has 0 aliphatic rings. The molecule has 0 rings (SSSR count). The van der Waals surface area contributed by atoms with Gasteiger partial charge in [0.05, 0.1) is 6.10 Å². The Morgan fingerprint density at radius 2 is 1.31 bits per heavy atom. The fourth-order valence-corrected chi connectivity index (χ4v) is 0.758. The first-order valence-electron chi connectivity index (χ1n) is 3.12. The molecule has 8 heteroatoms. The molecule has 0 heterocycles. The second kappa shape index (κ2) is 3.70. The van der Waals surface area contributed by atoms with Crippen molar-refractivity contribution in [1.29, 1.82) is 0 Å². The highest BCUT2D eigenvalue weighted by Crippen LogP contribution is 2.40. The van der Waals surface area contributed by atoms with Crippen LogP contribution in [0.2, 0.25) is 0 Å². The van der Waals surface area contributed by atoms with E-state index in [1.54, 1.807) is 0 Å². The topological polar surface area (TPSA) is 46.2 Å². The van der Waals surface area contributed by atoms with Gasteiger partial charge in [-0.15, -0.1) is 0 Å². The molecule has 0 aromatic heterocycles. The van der Waals surface area contributed by atoms with Gasteiger partial charge in [-0.1, -0.05) is 0 Å². The average molecular weight is 211 g/mol. The molecule has 0 spiro atoms. The highest BCUT2D eigenvalue weighted by atomic mass is 19.4. The van der Waals surface area contributed by atoms with Crippen LogP contribution in [-0.4, -0.2) is 30.1 Å². The zero-order valence-electron chi connectivity index (χ0n) is 6.15. The first kappa shape index (κ1) is 12.5. The van der Waals surface area contributed by atoms with E-state index in [2.05, 4.69) is 5.73 Å². The highest BCUT2D eigenvalue weighted by Gasteiger charge is 2.59. The van der Waals surface area contributed by atoms with Crippen LogP contribution in [0, 0.1) is 5.92 Å². The molecule has 0 saturated heterocycles. The third-order valence-electron chi connectivity index (χ3n) is 1.33. The number of hydrogen-bond acceptors (Lipinski definition) is 2. The molecule has 0 aliphatic carbocycles. The summed E-state index contributed by atoms with van der Waals surface area (Å²) in [6, 6.07) is 0. The van der Waals surface area contributed by atoms with E-state index in [0.717, 1.165) is 0 Å². The van der Waals surface area contributed by atoms with Crippen LogP contribution in [0.15, 0.2) is 0 Å². The zero-order chi connectivity index (χ0) is 10.9. The summed E-state index contributed by atoms with van der Waals surface area (Å²) in [6.45, 7) is -1.09. The molecule has 1 atom stereocenters. The Bertz CT molecular complexity index is 149. The summed E-state index contributed by atoms with van der Waals surface area (Å²) in [5.74, 6) is -3.77. The molecule has 0 aromatic rings. The van der Waals surface area contributed by atoms with Gasteiger partial charge in [0.15, 0.2) is 5.92 Å². The van der Waals surface area contributed by atoms with Crippen LogP contribution in [0.3, 0.4) is 0 Å². The first-order valence-corrected chi connectivity index (χ1v) is 3.12. The van der Waals surface area contributed by atoms with Crippen LogP contribution in [0.1, 0.15) is 0 Å². The number of halogens is 6. The quantitative estimate of drug-likeness (QED) is 0.670. The minimum atomic E-state index is -5.53. The summed E-state index contributed by atoms with van der Waals surface area (Å²) in [7, 11) is 0. The summed E-state index contributed by atoms with van der Waals surface area (Å²) >= 11 is 0. The van der Waals surface area contributed by atoms with Crippen molar-refractivity contribution < 1.29 is 31.4 Å². The van der Waals surface area contributed by atoms with Gasteiger partial charge in [0.2, 0.25) is 0 Å². The standard InChI is InChI=1S/C5H7F6NO/c6-4(7,8)3(2(13)1-12)5(9,10)11/h2-3,13H,1,12H2/t2-/m1/s1. The number of rotatable bonds is 2. The maximum atomic E-state index is 11.7. The Balaban J connectivity index is 4.78. The van der Waals surface area contributed by atoms with E-state index in [9.17, 15) is 26.3 Å². The SMILES string of the molecule is NC[C@@H](O)C(C(F)(F)F)C(F)(F)F. The molecule has 80 valence electrons. The predicted molar refractivity (Wildman–Crippen MR) is 30.7 cm³/mol. The molecule has 13 heavy (non-hydrogen) atoms. The molecule has 2 nitrogen and oxygen atoms in total. The minimum Gasteiger partial charge on any atom is -0.391 e. The lowest BCUT2D eigenvalue weighted by Gasteiger charge is -2.26. The number of aliphatic hydroxyl groups excluding tert-OH is 1. The van der Waals surface area contributed by atoms with E-state index in [0.29, 0.717) is 0 Å². The molecule has 0 radical (unpaired) electrons. The third-order valence-corrected chi connectivity index (χ3v) is 1.33. The van der Waals surface area contributed by atoms with Gasteiger partial charge < -0.3 is 10.8 Å². The van der Waals surface area contributed by atoms with Crippen molar-refractivity contribution in [3.63, 3.8) is 0 Å². The molecule has 0 aromatic carbocycles. The lowest BCUT2D eigenvalue weighted by molar-refractivity contribution is -0.304. The van der Waals surface area contributed by atoms with E-state index < -0.39 is 30.9 Å². The Labute approximate surface area is 69.3 Å². The van der Waals surface area contributed by atoms with Crippen LogP contribution < -0.4 is 5.73 Å². The van der Waals surface area contributed by atoms with Gasteiger partial charge in [-0.05, 0) is 0 Å². The van der Waals surface area contributed by atoms with E-state index in [1.165, 1.54) is 0 Å². The largest absolute Gasteiger partial charge is 0.403 e.